The molecule has 0 saturated heterocycles. The summed E-state index contributed by atoms with van der Waals surface area (Å²) < 4.78 is 32.0. The molecule has 0 unspecified atom stereocenters. The summed E-state index contributed by atoms with van der Waals surface area (Å²) in [6.45, 7) is 0.117. The maximum absolute atomic E-state index is 12.4. The largest absolute Gasteiger partial charge is 0.465 e. The SMILES string of the molecule is COC(=O)c1ccc(S(=O)(=O)NCc2cncc(-c3ccsc3)c2)cc1. The lowest BCUT2D eigenvalue weighted by Gasteiger charge is -2.08. The lowest BCUT2D eigenvalue weighted by Crippen LogP contribution is -2.23. The summed E-state index contributed by atoms with van der Waals surface area (Å²) in [7, 11) is -2.43. The number of carbonyl (C=O) groups excluding carboxylic acids is 1. The number of nitrogens with one attached hydrogen (secondary N) is 1. The van der Waals surface area contributed by atoms with E-state index >= 15 is 0 Å². The summed E-state index contributed by atoms with van der Waals surface area (Å²) in [5.74, 6) is -0.516. The number of hydrogen-bond acceptors (Lipinski definition) is 6. The molecule has 2 heterocycles. The molecule has 134 valence electrons. The van der Waals surface area contributed by atoms with Gasteiger partial charge in [0.15, 0.2) is 0 Å². The van der Waals surface area contributed by atoms with Crippen molar-refractivity contribution in [3.8, 4) is 11.1 Å². The van der Waals surface area contributed by atoms with Crippen molar-refractivity contribution in [2.45, 2.75) is 11.4 Å². The number of pyridine rings is 1. The van der Waals surface area contributed by atoms with Gasteiger partial charge >= 0.3 is 5.97 Å². The number of rotatable bonds is 6. The second kappa shape index (κ2) is 7.77. The van der Waals surface area contributed by atoms with Crippen LogP contribution < -0.4 is 4.72 Å². The van der Waals surface area contributed by atoms with E-state index in [9.17, 15) is 13.2 Å². The molecular weight excluding hydrogens is 372 g/mol. The first kappa shape index (κ1) is 18.2. The normalized spacial score (nSPS) is 11.3. The van der Waals surface area contributed by atoms with Gasteiger partial charge in [-0.2, -0.15) is 11.3 Å². The first-order valence-corrected chi connectivity index (χ1v) is 10.1. The summed E-state index contributed by atoms with van der Waals surface area (Å²) in [6.07, 6.45) is 3.37. The van der Waals surface area contributed by atoms with Gasteiger partial charge < -0.3 is 4.74 Å². The Hall–Kier alpha value is -2.55. The Morgan fingerprint density at radius 2 is 1.92 bits per heavy atom. The molecule has 0 saturated carbocycles. The Bertz CT molecular complexity index is 998. The van der Waals surface area contributed by atoms with Crippen molar-refractivity contribution in [2.24, 2.45) is 0 Å². The van der Waals surface area contributed by atoms with Gasteiger partial charge in [-0.05, 0) is 58.3 Å². The van der Waals surface area contributed by atoms with E-state index in [0.717, 1.165) is 16.7 Å². The van der Waals surface area contributed by atoms with Gasteiger partial charge in [-0.3, -0.25) is 4.98 Å². The molecule has 0 fully saturated rings. The molecule has 0 spiro atoms. The van der Waals surface area contributed by atoms with E-state index in [1.54, 1.807) is 23.7 Å². The third kappa shape index (κ3) is 4.16. The van der Waals surface area contributed by atoms with Crippen LogP contribution in [0.4, 0.5) is 0 Å². The lowest BCUT2D eigenvalue weighted by molar-refractivity contribution is 0.0600. The van der Waals surface area contributed by atoms with Crippen LogP contribution in [0.5, 0.6) is 0 Å². The van der Waals surface area contributed by atoms with E-state index in [4.69, 9.17) is 0 Å². The Kier molecular flexibility index (Phi) is 5.46. The molecular formula is C18H16N2O4S2. The average molecular weight is 388 g/mol. The predicted molar refractivity (Wildman–Crippen MR) is 99.4 cm³/mol. The van der Waals surface area contributed by atoms with Gasteiger partial charge in [0.1, 0.15) is 0 Å². The number of nitrogens with zero attached hydrogens (tertiary/aromatic N) is 1. The summed E-state index contributed by atoms with van der Waals surface area (Å²) in [6, 6.07) is 9.46. The first-order valence-electron chi connectivity index (χ1n) is 7.64. The fourth-order valence-corrected chi connectivity index (χ4v) is 4.00. The van der Waals surface area contributed by atoms with Crippen LogP contribution >= 0.6 is 11.3 Å². The first-order chi connectivity index (χ1) is 12.5. The number of methoxy groups -OCH3 is 1. The number of aromatic nitrogens is 1. The van der Waals surface area contributed by atoms with Crippen molar-refractivity contribution < 1.29 is 17.9 Å². The van der Waals surface area contributed by atoms with Gasteiger partial charge in [-0.15, -0.1) is 0 Å². The van der Waals surface area contributed by atoms with Crippen LogP contribution in [-0.4, -0.2) is 26.5 Å². The van der Waals surface area contributed by atoms with E-state index in [2.05, 4.69) is 14.4 Å². The molecule has 6 nitrogen and oxygen atoms in total. The van der Waals surface area contributed by atoms with Crippen LogP contribution in [0.1, 0.15) is 15.9 Å². The number of benzene rings is 1. The summed E-state index contributed by atoms with van der Waals surface area (Å²) in [5, 5.41) is 3.98. The van der Waals surface area contributed by atoms with Gasteiger partial charge in [0.2, 0.25) is 10.0 Å². The lowest BCUT2D eigenvalue weighted by atomic mass is 10.1. The monoisotopic (exact) mass is 388 g/mol. The van der Waals surface area contributed by atoms with E-state index < -0.39 is 16.0 Å². The van der Waals surface area contributed by atoms with Crippen LogP contribution in [0.2, 0.25) is 0 Å². The van der Waals surface area contributed by atoms with Crippen molar-refractivity contribution in [3.63, 3.8) is 0 Å². The van der Waals surface area contributed by atoms with E-state index in [-0.39, 0.29) is 11.4 Å². The van der Waals surface area contributed by atoms with Crippen LogP contribution in [0.25, 0.3) is 11.1 Å². The zero-order valence-corrected chi connectivity index (χ0v) is 15.5. The molecule has 1 N–H and O–H groups in total. The minimum absolute atomic E-state index is 0.0760. The van der Waals surface area contributed by atoms with E-state index in [1.165, 1.54) is 31.4 Å². The van der Waals surface area contributed by atoms with Gasteiger partial charge in [0.25, 0.3) is 0 Å². The molecule has 0 amide bonds. The van der Waals surface area contributed by atoms with Crippen molar-refractivity contribution in [1.82, 2.24) is 9.71 Å². The number of thiophene rings is 1. The fourth-order valence-electron chi connectivity index (χ4n) is 2.32. The topological polar surface area (TPSA) is 85.4 Å². The molecule has 0 radical (unpaired) electrons. The zero-order valence-electron chi connectivity index (χ0n) is 13.9. The highest BCUT2D eigenvalue weighted by molar-refractivity contribution is 7.89. The Labute approximate surface area is 155 Å². The zero-order chi connectivity index (χ0) is 18.6. The molecule has 3 aromatic rings. The molecule has 2 aromatic heterocycles. The molecule has 0 aliphatic rings. The third-order valence-corrected chi connectivity index (χ3v) is 5.80. The number of carbonyl (C=O) groups is 1. The average Bonchev–Trinajstić information content (AvgIpc) is 3.21. The maximum atomic E-state index is 12.4. The number of esters is 1. The molecule has 3 rings (SSSR count). The van der Waals surface area contributed by atoms with Gasteiger partial charge in [-0.1, -0.05) is 0 Å². The number of sulfonamides is 1. The minimum atomic E-state index is -3.70. The van der Waals surface area contributed by atoms with Gasteiger partial charge in [0.05, 0.1) is 17.6 Å². The standard InChI is InChI=1S/C18H16N2O4S2/c1-24-18(21)14-2-4-17(5-3-14)26(22,23)20-10-13-8-16(11-19-9-13)15-6-7-25-12-15/h2-9,11-12,20H,10H2,1H3. The smallest absolute Gasteiger partial charge is 0.337 e. The van der Waals surface area contributed by atoms with Crippen molar-refractivity contribution >= 4 is 27.3 Å². The van der Waals surface area contributed by atoms with Crippen molar-refractivity contribution in [2.75, 3.05) is 7.11 Å². The maximum Gasteiger partial charge on any atom is 0.337 e. The molecule has 8 heteroatoms. The molecule has 26 heavy (non-hydrogen) atoms. The van der Waals surface area contributed by atoms with Gasteiger partial charge in [-0.25, -0.2) is 17.9 Å². The van der Waals surface area contributed by atoms with E-state index in [0.29, 0.717) is 5.56 Å². The Morgan fingerprint density at radius 3 is 2.58 bits per heavy atom. The third-order valence-electron chi connectivity index (χ3n) is 3.70. The Morgan fingerprint density at radius 1 is 1.15 bits per heavy atom. The molecule has 0 aliphatic carbocycles. The van der Waals surface area contributed by atoms with Crippen LogP contribution in [0.15, 0.2) is 64.4 Å². The van der Waals surface area contributed by atoms with Crippen LogP contribution in [-0.2, 0) is 21.3 Å². The second-order valence-electron chi connectivity index (χ2n) is 5.43. The molecule has 0 atom stereocenters. The minimum Gasteiger partial charge on any atom is -0.465 e. The highest BCUT2D eigenvalue weighted by atomic mass is 32.2. The number of hydrogen-bond donors (Lipinski definition) is 1. The second-order valence-corrected chi connectivity index (χ2v) is 7.98. The van der Waals surface area contributed by atoms with Crippen molar-refractivity contribution in [3.05, 3.63) is 70.7 Å². The predicted octanol–water partition coefficient (Wildman–Crippen LogP) is 3.08. The molecule has 0 aliphatic heterocycles. The highest BCUT2D eigenvalue weighted by Gasteiger charge is 2.15. The van der Waals surface area contributed by atoms with E-state index in [1.807, 2.05) is 22.9 Å². The van der Waals surface area contributed by atoms with Crippen molar-refractivity contribution in [1.29, 1.82) is 0 Å². The molecule has 1 aromatic carbocycles. The quantitative estimate of drug-likeness (QED) is 0.656. The fraction of sp³-hybridized carbons (Fsp3) is 0.111. The number of ether oxygens (including phenoxy) is 1. The Balaban J connectivity index is 1.72. The van der Waals surface area contributed by atoms with Crippen LogP contribution in [0.3, 0.4) is 0 Å². The summed E-state index contributed by atoms with van der Waals surface area (Å²) in [4.78, 5) is 15.7. The van der Waals surface area contributed by atoms with Gasteiger partial charge in [0, 0.05) is 24.5 Å². The molecule has 0 bridgehead atoms. The summed E-state index contributed by atoms with van der Waals surface area (Å²) in [5.41, 5.74) is 3.03. The summed E-state index contributed by atoms with van der Waals surface area (Å²) >= 11 is 1.59. The van der Waals surface area contributed by atoms with Crippen LogP contribution in [0, 0.1) is 0 Å². The highest BCUT2D eigenvalue weighted by Crippen LogP contribution is 2.22.